The van der Waals surface area contributed by atoms with Crippen molar-refractivity contribution in [2.24, 2.45) is 0 Å². The van der Waals surface area contributed by atoms with E-state index in [0.717, 1.165) is 17.8 Å². The van der Waals surface area contributed by atoms with Crippen LogP contribution in [-0.2, 0) is 11.2 Å². The Morgan fingerprint density at radius 1 is 1.46 bits per heavy atom. The van der Waals surface area contributed by atoms with Gasteiger partial charge < -0.3 is 4.74 Å². The lowest BCUT2D eigenvalue weighted by atomic mass is 10.3. The van der Waals surface area contributed by atoms with Gasteiger partial charge >= 0.3 is 0 Å². The van der Waals surface area contributed by atoms with Crippen LogP contribution in [0.15, 0.2) is 12.4 Å². The van der Waals surface area contributed by atoms with Crippen LogP contribution in [0.2, 0.25) is 0 Å². The number of methoxy groups -OCH3 is 1. The molecule has 3 heteroatoms. The van der Waals surface area contributed by atoms with E-state index in [1.54, 1.807) is 7.11 Å². The van der Waals surface area contributed by atoms with E-state index < -0.39 is 0 Å². The van der Waals surface area contributed by atoms with Gasteiger partial charge in [-0.1, -0.05) is 12.8 Å². The largest absolute Gasteiger partial charge is 0.372 e. The Bertz CT molecular complexity index is 325. The maximum Gasteiger partial charge on any atom is 0.117 e. The summed E-state index contributed by atoms with van der Waals surface area (Å²) in [5, 5.41) is 0. The van der Waals surface area contributed by atoms with Crippen LogP contribution in [0.25, 0.3) is 0 Å². The number of ether oxygens (including phenoxy) is 1. The maximum atomic E-state index is 4.80. The number of hydrogen-bond donors (Lipinski definition) is 0. The SMILES string of the molecule is CCc1cc(C#CCOC)ncn1. The highest BCUT2D eigenvalue weighted by molar-refractivity contribution is 5.28. The van der Waals surface area contributed by atoms with E-state index >= 15 is 0 Å². The molecule has 0 amide bonds. The molecule has 0 fully saturated rings. The Kier molecular flexibility index (Phi) is 3.94. The van der Waals surface area contributed by atoms with E-state index in [9.17, 15) is 0 Å². The predicted octanol–water partition coefficient (Wildman–Crippen LogP) is 1.04. The van der Waals surface area contributed by atoms with Crippen molar-refractivity contribution in [2.45, 2.75) is 13.3 Å². The first-order chi connectivity index (χ1) is 6.36. The normalized spacial score (nSPS) is 9.08. The van der Waals surface area contributed by atoms with Crippen LogP contribution in [-0.4, -0.2) is 23.7 Å². The molecule has 0 saturated heterocycles. The molecule has 0 atom stereocenters. The molecule has 0 radical (unpaired) electrons. The van der Waals surface area contributed by atoms with Crippen LogP contribution in [0.1, 0.15) is 18.3 Å². The van der Waals surface area contributed by atoms with Crippen LogP contribution >= 0.6 is 0 Å². The zero-order valence-corrected chi connectivity index (χ0v) is 7.87. The fourth-order valence-corrected chi connectivity index (χ4v) is 0.858. The molecule has 0 unspecified atom stereocenters. The molecule has 0 spiro atoms. The summed E-state index contributed by atoms with van der Waals surface area (Å²) in [5.74, 6) is 5.73. The second-order valence-corrected chi connectivity index (χ2v) is 2.48. The summed E-state index contributed by atoms with van der Waals surface area (Å²) in [4.78, 5) is 8.09. The minimum absolute atomic E-state index is 0.436. The van der Waals surface area contributed by atoms with Crippen molar-refractivity contribution >= 4 is 0 Å². The first-order valence-electron chi connectivity index (χ1n) is 4.15. The van der Waals surface area contributed by atoms with E-state index in [1.165, 1.54) is 6.33 Å². The molecule has 0 aliphatic rings. The van der Waals surface area contributed by atoms with Gasteiger partial charge in [-0.05, 0) is 18.4 Å². The van der Waals surface area contributed by atoms with Gasteiger partial charge in [0.1, 0.15) is 18.6 Å². The smallest absolute Gasteiger partial charge is 0.117 e. The van der Waals surface area contributed by atoms with Gasteiger partial charge in [0, 0.05) is 12.8 Å². The van der Waals surface area contributed by atoms with E-state index in [4.69, 9.17) is 4.74 Å². The van der Waals surface area contributed by atoms with Crippen LogP contribution < -0.4 is 0 Å². The van der Waals surface area contributed by atoms with Crippen molar-refractivity contribution in [3.63, 3.8) is 0 Å². The maximum absolute atomic E-state index is 4.80. The van der Waals surface area contributed by atoms with Gasteiger partial charge in [0.2, 0.25) is 0 Å². The fourth-order valence-electron chi connectivity index (χ4n) is 0.858. The minimum Gasteiger partial charge on any atom is -0.372 e. The second kappa shape index (κ2) is 5.28. The standard InChI is InChI=1S/C10H12N2O/c1-3-9-7-10(12-8-11-9)5-4-6-13-2/h7-8H,3,6H2,1-2H3. The molecule has 0 saturated carbocycles. The summed E-state index contributed by atoms with van der Waals surface area (Å²) in [7, 11) is 1.62. The summed E-state index contributed by atoms with van der Waals surface area (Å²) in [6.07, 6.45) is 2.44. The molecule has 13 heavy (non-hydrogen) atoms. The zero-order chi connectivity index (χ0) is 9.52. The van der Waals surface area contributed by atoms with Crippen molar-refractivity contribution in [1.82, 2.24) is 9.97 Å². The van der Waals surface area contributed by atoms with Crippen LogP contribution in [0.5, 0.6) is 0 Å². The van der Waals surface area contributed by atoms with E-state index in [2.05, 4.69) is 28.7 Å². The predicted molar refractivity (Wildman–Crippen MR) is 50.2 cm³/mol. The van der Waals surface area contributed by atoms with Crippen molar-refractivity contribution < 1.29 is 4.74 Å². The Balaban J connectivity index is 2.73. The van der Waals surface area contributed by atoms with Gasteiger partial charge in [0.05, 0.1) is 0 Å². The molecule has 0 N–H and O–H groups in total. The highest BCUT2D eigenvalue weighted by atomic mass is 16.5. The van der Waals surface area contributed by atoms with Gasteiger partial charge in [-0.3, -0.25) is 0 Å². The molecule has 68 valence electrons. The zero-order valence-electron chi connectivity index (χ0n) is 7.87. The number of rotatable bonds is 2. The summed E-state index contributed by atoms with van der Waals surface area (Å²) >= 11 is 0. The molecular weight excluding hydrogens is 164 g/mol. The minimum atomic E-state index is 0.436. The Morgan fingerprint density at radius 2 is 2.31 bits per heavy atom. The van der Waals surface area contributed by atoms with Gasteiger partial charge in [-0.15, -0.1) is 0 Å². The van der Waals surface area contributed by atoms with Gasteiger partial charge in [0.25, 0.3) is 0 Å². The molecule has 3 nitrogen and oxygen atoms in total. The first-order valence-corrected chi connectivity index (χ1v) is 4.15. The molecule has 1 heterocycles. The molecule has 1 aromatic rings. The lowest BCUT2D eigenvalue weighted by Crippen LogP contribution is -1.91. The molecule has 0 aliphatic heterocycles. The molecular formula is C10H12N2O. The van der Waals surface area contributed by atoms with Crippen LogP contribution in [0.4, 0.5) is 0 Å². The highest BCUT2D eigenvalue weighted by Gasteiger charge is 1.92. The summed E-state index contributed by atoms with van der Waals surface area (Å²) < 4.78 is 4.80. The average Bonchev–Trinajstić information content (AvgIpc) is 2.19. The third-order valence-electron chi connectivity index (χ3n) is 1.52. The Labute approximate surface area is 78.2 Å². The fraction of sp³-hybridized carbons (Fsp3) is 0.400. The Hall–Kier alpha value is -1.40. The number of aromatic nitrogens is 2. The topological polar surface area (TPSA) is 35.0 Å². The van der Waals surface area contributed by atoms with Crippen LogP contribution in [0, 0.1) is 11.8 Å². The second-order valence-electron chi connectivity index (χ2n) is 2.48. The van der Waals surface area contributed by atoms with E-state index in [1.807, 2.05) is 6.07 Å². The number of nitrogens with zero attached hydrogens (tertiary/aromatic N) is 2. The summed E-state index contributed by atoms with van der Waals surface area (Å²) in [5.41, 5.74) is 1.76. The lowest BCUT2D eigenvalue weighted by Gasteiger charge is -1.93. The number of hydrogen-bond acceptors (Lipinski definition) is 3. The van der Waals surface area contributed by atoms with Crippen molar-refractivity contribution in [2.75, 3.05) is 13.7 Å². The third-order valence-corrected chi connectivity index (χ3v) is 1.52. The summed E-state index contributed by atoms with van der Waals surface area (Å²) in [6, 6.07) is 1.89. The monoisotopic (exact) mass is 176 g/mol. The quantitative estimate of drug-likeness (QED) is 0.631. The van der Waals surface area contributed by atoms with Crippen molar-refractivity contribution in [1.29, 1.82) is 0 Å². The molecule has 1 aromatic heterocycles. The van der Waals surface area contributed by atoms with E-state index in [-0.39, 0.29) is 0 Å². The lowest BCUT2D eigenvalue weighted by molar-refractivity contribution is 0.240. The van der Waals surface area contributed by atoms with Gasteiger partial charge in [-0.25, -0.2) is 9.97 Å². The third kappa shape index (κ3) is 3.22. The van der Waals surface area contributed by atoms with Crippen molar-refractivity contribution in [3.8, 4) is 11.8 Å². The first kappa shape index (κ1) is 9.69. The summed E-state index contributed by atoms with van der Waals surface area (Å²) in [6.45, 7) is 2.49. The highest BCUT2D eigenvalue weighted by Crippen LogP contribution is 1.96. The number of aryl methyl sites for hydroxylation is 1. The van der Waals surface area contributed by atoms with Gasteiger partial charge in [0.15, 0.2) is 0 Å². The molecule has 0 aromatic carbocycles. The molecule has 0 aliphatic carbocycles. The molecule has 1 rings (SSSR count). The van der Waals surface area contributed by atoms with E-state index in [0.29, 0.717) is 6.61 Å². The van der Waals surface area contributed by atoms with Gasteiger partial charge in [-0.2, -0.15) is 0 Å². The Morgan fingerprint density at radius 3 is 3.00 bits per heavy atom. The van der Waals surface area contributed by atoms with Crippen molar-refractivity contribution in [3.05, 3.63) is 23.8 Å². The molecule has 0 bridgehead atoms. The van der Waals surface area contributed by atoms with Crippen LogP contribution in [0.3, 0.4) is 0 Å². The average molecular weight is 176 g/mol.